The van der Waals surface area contributed by atoms with Crippen LogP contribution in [0, 0.1) is 11.3 Å². The Labute approximate surface area is 123 Å². The number of hydrogen-bond donors (Lipinski definition) is 2. The Balaban J connectivity index is 2.21. The summed E-state index contributed by atoms with van der Waals surface area (Å²) in [5, 5.41) is 15.7. The number of amides is 1. The Kier molecular flexibility index (Phi) is 4.89. The molecule has 0 radical (unpaired) electrons. The highest BCUT2D eigenvalue weighted by molar-refractivity contribution is 5.98. The van der Waals surface area contributed by atoms with Gasteiger partial charge in [-0.05, 0) is 18.6 Å². The maximum Gasteiger partial charge on any atom is 0.263 e. The van der Waals surface area contributed by atoms with Crippen LogP contribution in [0.2, 0.25) is 0 Å². The first kappa shape index (κ1) is 14.5. The van der Waals surface area contributed by atoms with Crippen LogP contribution >= 0.6 is 0 Å². The van der Waals surface area contributed by atoms with Crippen LogP contribution in [0.15, 0.2) is 48.3 Å². The standard InChI is InChI=1S/C16H16N4O/c1-2-8-19-16(21)13(10-17)11-20-14-7-3-5-12-6-4-9-18-15(12)14/h3-7,9,11,20H,2,8H2,1H3,(H,19,21)/b13-11-. The molecule has 1 aromatic heterocycles. The van der Waals surface area contributed by atoms with Crippen LogP contribution in [0.4, 0.5) is 5.69 Å². The summed E-state index contributed by atoms with van der Waals surface area (Å²) in [6.07, 6.45) is 3.94. The van der Waals surface area contributed by atoms with E-state index >= 15 is 0 Å². The molecule has 0 aliphatic rings. The minimum atomic E-state index is -0.375. The molecule has 0 saturated carbocycles. The first-order valence-electron chi connectivity index (χ1n) is 6.75. The number of hydrogen-bond acceptors (Lipinski definition) is 4. The van der Waals surface area contributed by atoms with Gasteiger partial charge in [-0.3, -0.25) is 9.78 Å². The summed E-state index contributed by atoms with van der Waals surface area (Å²) in [6, 6.07) is 11.4. The number of aromatic nitrogens is 1. The molecule has 1 aromatic carbocycles. The van der Waals surface area contributed by atoms with Crippen molar-refractivity contribution in [2.75, 3.05) is 11.9 Å². The van der Waals surface area contributed by atoms with Crippen LogP contribution in [-0.2, 0) is 4.79 Å². The zero-order chi connectivity index (χ0) is 15.1. The van der Waals surface area contributed by atoms with Crippen molar-refractivity contribution < 1.29 is 4.79 Å². The van der Waals surface area contributed by atoms with Gasteiger partial charge in [0.15, 0.2) is 0 Å². The molecule has 2 N–H and O–H groups in total. The fraction of sp³-hybridized carbons (Fsp3) is 0.188. The lowest BCUT2D eigenvalue weighted by molar-refractivity contribution is -0.117. The molecule has 0 spiro atoms. The van der Waals surface area contributed by atoms with Crippen LogP contribution < -0.4 is 10.6 Å². The summed E-state index contributed by atoms with van der Waals surface area (Å²) in [5.41, 5.74) is 1.59. The summed E-state index contributed by atoms with van der Waals surface area (Å²) >= 11 is 0. The van der Waals surface area contributed by atoms with E-state index in [1.807, 2.05) is 43.3 Å². The number of nitriles is 1. The predicted molar refractivity (Wildman–Crippen MR) is 82.4 cm³/mol. The molecule has 106 valence electrons. The molecule has 21 heavy (non-hydrogen) atoms. The molecular weight excluding hydrogens is 264 g/mol. The van der Waals surface area contributed by atoms with Crippen molar-refractivity contribution in [1.29, 1.82) is 5.26 Å². The number of carbonyl (C=O) groups is 1. The molecule has 0 unspecified atom stereocenters. The first-order valence-corrected chi connectivity index (χ1v) is 6.75. The topological polar surface area (TPSA) is 77.8 Å². The molecule has 0 fully saturated rings. The number of anilines is 1. The van der Waals surface area contributed by atoms with Crippen molar-refractivity contribution >= 4 is 22.5 Å². The summed E-state index contributed by atoms with van der Waals surface area (Å²) in [6.45, 7) is 2.50. The normalized spacial score (nSPS) is 11.0. The van der Waals surface area contributed by atoms with Crippen molar-refractivity contribution in [1.82, 2.24) is 10.3 Å². The molecule has 0 bridgehead atoms. The molecule has 5 heteroatoms. The van der Waals surface area contributed by atoms with Gasteiger partial charge in [0.25, 0.3) is 5.91 Å². The maximum absolute atomic E-state index is 11.8. The van der Waals surface area contributed by atoms with E-state index in [4.69, 9.17) is 5.26 Å². The number of benzene rings is 1. The fourth-order valence-corrected chi connectivity index (χ4v) is 1.85. The van der Waals surface area contributed by atoms with Crippen molar-refractivity contribution in [3.05, 3.63) is 48.3 Å². The number of nitrogens with zero attached hydrogens (tertiary/aromatic N) is 2. The van der Waals surface area contributed by atoms with Gasteiger partial charge in [0.2, 0.25) is 0 Å². The first-order chi connectivity index (χ1) is 10.3. The summed E-state index contributed by atoms with van der Waals surface area (Å²) < 4.78 is 0. The van der Waals surface area contributed by atoms with Gasteiger partial charge >= 0.3 is 0 Å². The van der Waals surface area contributed by atoms with Gasteiger partial charge in [-0.25, -0.2) is 0 Å². The highest BCUT2D eigenvalue weighted by atomic mass is 16.1. The predicted octanol–water partition coefficient (Wildman–Crippen LogP) is 2.58. The number of rotatable bonds is 5. The van der Waals surface area contributed by atoms with Gasteiger partial charge in [0.1, 0.15) is 11.6 Å². The second kappa shape index (κ2) is 7.06. The lowest BCUT2D eigenvalue weighted by Crippen LogP contribution is -2.25. The van der Waals surface area contributed by atoms with Gasteiger partial charge in [-0.2, -0.15) is 5.26 Å². The molecule has 2 aromatic rings. The molecule has 1 amide bonds. The molecule has 0 atom stereocenters. The number of fused-ring (bicyclic) bond motifs is 1. The SMILES string of the molecule is CCCNC(=O)/C(C#N)=C\Nc1cccc2cccnc12. The van der Waals surface area contributed by atoms with E-state index in [0.717, 1.165) is 23.0 Å². The second-order valence-corrected chi connectivity index (χ2v) is 4.45. The Hall–Kier alpha value is -2.87. The average Bonchev–Trinajstić information content (AvgIpc) is 2.53. The van der Waals surface area contributed by atoms with Crippen LogP contribution in [-0.4, -0.2) is 17.4 Å². The van der Waals surface area contributed by atoms with E-state index in [1.165, 1.54) is 6.20 Å². The van der Waals surface area contributed by atoms with E-state index in [1.54, 1.807) is 6.20 Å². The number of pyridine rings is 1. The van der Waals surface area contributed by atoms with Gasteiger partial charge < -0.3 is 10.6 Å². The maximum atomic E-state index is 11.8. The van der Waals surface area contributed by atoms with Crippen molar-refractivity contribution in [2.24, 2.45) is 0 Å². The average molecular weight is 280 g/mol. The quantitative estimate of drug-likeness (QED) is 0.652. The van der Waals surface area contributed by atoms with E-state index in [-0.39, 0.29) is 11.5 Å². The highest BCUT2D eigenvalue weighted by Gasteiger charge is 2.08. The van der Waals surface area contributed by atoms with Gasteiger partial charge in [0, 0.05) is 24.3 Å². The molecule has 1 heterocycles. The Bertz CT molecular complexity index is 710. The third kappa shape index (κ3) is 3.57. The Morgan fingerprint density at radius 2 is 2.19 bits per heavy atom. The summed E-state index contributed by atoms with van der Waals surface area (Å²) in [4.78, 5) is 16.1. The van der Waals surface area contributed by atoms with Crippen molar-refractivity contribution in [3.8, 4) is 6.07 Å². The summed E-state index contributed by atoms with van der Waals surface area (Å²) in [5.74, 6) is -0.375. The number of carbonyl (C=O) groups excluding carboxylic acids is 1. The summed E-state index contributed by atoms with van der Waals surface area (Å²) in [7, 11) is 0. The molecule has 0 aliphatic carbocycles. The molecule has 5 nitrogen and oxygen atoms in total. The van der Waals surface area contributed by atoms with Crippen molar-refractivity contribution in [3.63, 3.8) is 0 Å². The molecule has 0 saturated heterocycles. The van der Waals surface area contributed by atoms with Gasteiger partial charge in [-0.15, -0.1) is 0 Å². The van der Waals surface area contributed by atoms with E-state index in [2.05, 4.69) is 15.6 Å². The Morgan fingerprint density at radius 3 is 2.95 bits per heavy atom. The van der Waals surface area contributed by atoms with Crippen molar-refractivity contribution in [2.45, 2.75) is 13.3 Å². The van der Waals surface area contributed by atoms with Crippen LogP contribution in [0.25, 0.3) is 10.9 Å². The minimum absolute atomic E-state index is 0.0383. The lowest BCUT2D eigenvalue weighted by atomic mass is 10.2. The van der Waals surface area contributed by atoms with Crippen LogP contribution in [0.3, 0.4) is 0 Å². The van der Waals surface area contributed by atoms with E-state index < -0.39 is 0 Å². The van der Waals surface area contributed by atoms with E-state index in [9.17, 15) is 4.79 Å². The van der Waals surface area contributed by atoms with Gasteiger partial charge in [0.05, 0.1) is 11.2 Å². The molecule has 2 rings (SSSR count). The third-order valence-electron chi connectivity index (χ3n) is 2.91. The number of para-hydroxylation sites is 1. The fourth-order valence-electron chi connectivity index (χ4n) is 1.85. The second-order valence-electron chi connectivity index (χ2n) is 4.45. The van der Waals surface area contributed by atoms with Crippen LogP contribution in [0.1, 0.15) is 13.3 Å². The third-order valence-corrected chi connectivity index (χ3v) is 2.91. The lowest BCUT2D eigenvalue weighted by Gasteiger charge is -2.06. The number of nitrogens with one attached hydrogen (secondary N) is 2. The molecule has 0 aliphatic heterocycles. The largest absolute Gasteiger partial charge is 0.358 e. The monoisotopic (exact) mass is 280 g/mol. The zero-order valence-corrected chi connectivity index (χ0v) is 11.8. The smallest absolute Gasteiger partial charge is 0.263 e. The van der Waals surface area contributed by atoms with E-state index in [0.29, 0.717) is 6.54 Å². The molecular formula is C16H16N4O. The van der Waals surface area contributed by atoms with Crippen LogP contribution in [0.5, 0.6) is 0 Å². The Morgan fingerprint density at radius 1 is 1.38 bits per heavy atom. The minimum Gasteiger partial charge on any atom is -0.358 e. The van der Waals surface area contributed by atoms with Gasteiger partial charge in [-0.1, -0.05) is 25.1 Å². The zero-order valence-electron chi connectivity index (χ0n) is 11.8. The highest BCUT2D eigenvalue weighted by Crippen LogP contribution is 2.20.